The predicted octanol–water partition coefficient (Wildman–Crippen LogP) is 3.32. The second-order valence-electron chi connectivity index (χ2n) is 10.5. The molecule has 2 N–H and O–H groups in total. The second-order valence-corrected chi connectivity index (χ2v) is 10.5. The van der Waals surface area contributed by atoms with Crippen molar-refractivity contribution in [3.63, 3.8) is 0 Å². The number of ether oxygens (including phenoxy) is 1. The lowest BCUT2D eigenvalue weighted by Gasteiger charge is -2.38. The summed E-state index contributed by atoms with van der Waals surface area (Å²) >= 11 is 0. The summed E-state index contributed by atoms with van der Waals surface area (Å²) in [6, 6.07) is 15.2. The smallest absolute Gasteiger partial charge is 0.258 e. The van der Waals surface area contributed by atoms with E-state index in [1.165, 1.54) is 5.56 Å². The SMILES string of the molecule is C[C@H]1CN([C@@H](C)CO)C(=O)c2cc(NC(=O)CCCN(C)C)ccc2O[C@@H]1CN(C)Cc1ccccc1. The maximum atomic E-state index is 13.6. The van der Waals surface area contributed by atoms with Crippen LogP contribution in [0.15, 0.2) is 48.5 Å². The van der Waals surface area contributed by atoms with Crippen LogP contribution in [0.1, 0.15) is 42.6 Å². The van der Waals surface area contributed by atoms with Crippen LogP contribution in [0.25, 0.3) is 0 Å². The monoisotopic (exact) mass is 510 g/mol. The Kier molecular flexibility index (Phi) is 10.5. The van der Waals surface area contributed by atoms with Gasteiger partial charge in [-0.3, -0.25) is 14.5 Å². The number of aliphatic hydroxyl groups is 1. The number of hydrogen-bond donors (Lipinski definition) is 2. The Morgan fingerprint density at radius 3 is 2.59 bits per heavy atom. The topological polar surface area (TPSA) is 85.3 Å². The standard InChI is InChI=1S/C29H42N4O4/c1-21-17-33(22(2)20-34)29(36)25-16-24(30-28(35)12-9-15-31(3)4)13-14-26(25)37-27(21)19-32(5)18-23-10-7-6-8-11-23/h6-8,10-11,13-14,16,21-22,27,34H,9,12,15,17-20H2,1-5H3,(H,30,35)/t21-,22-,27+/m0/s1. The minimum atomic E-state index is -0.340. The van der Waals surface area contributed by atoms with Crippen LogP contribution in [0.5, 0.6) is 5.75 Å². The van der Waals surface area contributed by atoms with E-state index in [2.05, 4.69) is 36.3 Å². The van der Waals surface area contributed by atoms with Gasteiger partial charge >= 0.3 is 0 Å². The van der Waals surface area contributed by atoms with Gasteiger partial charge in [-0.25, -0.2) is 0 Å². The summed E-state index contributed by atoms with van der Waals surface area (Å²) in [7, 11) is 6.02. The highest BCUT2D eigenvalue weighted by Gasteiger charge is 2.33. The summed E-state index contributed by atoms with van der Waals surface area (Å²) in [4.78, 5) is 32.0. The van der Waals surface area contributed by atoms with Crippen LogP contribution in [0.3, 0.4) is 0 Å². The fraction of sp³-hybridized carbons (Fsp3) is 0.517. The molecule has 0 saturated heterocycles. The molecule has 0 radical (unpaired) electrons. The Labute approximate surface area is 221 Å². The van der Waals surface area contributed by atoms with E-state index in [1.807, 2.05) is 44.1 Å². The number of nitrogens with one attached hydrogen (secondary N) is 1. The summed E-state index contributed by atoms with van der Waals surface area (Å²) in [6.45, 7) is 6.55. The largest absolute Gasteiger partial charge is 0.488 e. The first-order valence-electron chi connectivity index (χ1n) is 13.1. The average molecular weight is 511 g/mol. The van der Waals surface area contributed by atoms with Gasteiger partial charge in [-0.05, 0) is 64.8 Å². The van der Waals surface area contributed by atoms with Crippen molar-refractivity contribution in [1.29, 1.82) is 0 Å². The Hall–Kier alpha value is -2.94. The van der Waals surface area contributed by atoms with Crippen molar-refractivity contribution >= 4 is 17.5 Å². The molecule has 8 heteroatoms. The van der Waals surface area contributed by atoms with Crippen LogP contribution in [-0.4, -0.2) is 91.2 Å². The normalized spacial score (nSPS) is 18.7. The Morgan fingerprint density at radius 2 is 1.92 bits per heavy atom. The molecule has 2 aromatic carbocycles. The first-order chi connectivity index (χ1) is 17.7. The molecular weight excluding hydrogens is 468 g/mol. The number of nitrogens with zero attached hydrogens (tertiary/aromatic N) is 3. The highest BCUT2D eigenvalue weighted by Crippen LogP contribution is 2.31. The number of benzene rings is 2. The molecule has 0 saturated carbocycles. The van der Waals surface area contributed by atoms with Gasteiger partial charge in [0.2, 0.25) is 5.91 Å². The molecule has 0 spiro atoms. The molecule has 1 heterocycles. The summed E-state index contributed by atoms with van der Waals surface area (Å²) in [5.41, 5.74) is 2.18. The number of amides is 2. The third kappa shape index (κ3) is 8.28. The van der Waals surface area contributed by atoms with Crippen LogP contribution in [0, 0.1) is 5.92 Å². The molecule has 0 unspecified atom stereocenters. The molecule has 0 aliphatic carbocycles. The molecule has 37 heavy (non-hydrogen) atoms. The van der Waals surface area contributed by atoms with Gasteiger partial charge in [0.1, 0.15) is 11.9 Å². The fourth-order valence-corrected chi connectivity index (χ4v) is 4.56. The molecule has 2 aromatic rings. The summed E-state index contributed by atoms with van der Waals surface area (Å²) in [5, 5.41) is 12.8. The number of likely N-dealkylation sites (N-methyl/N-ethyl adjacent to an activating group) is 1. The molecule has 2 amide bonds. The van der Waals surface area contributed by atoms with E-state index >= 15 is 0 Å². The van der Waals surface area contributed by atoms with Gasteiger partial charge in [-0.15, -0.1) is 0 Å². The zero-order valence-corrected chi connectivity index (χ0v) is 22.8. The maximum absolute atomic E-state index is 13.6. The van der Waals surface area contributed by atoms with Gasteiger partial charge in [0.05, 0.1) is 18.2 Å². The van der Waals surface area contributed by atoms with Crippen molar-refractivity contribution in [2.75, 3.05) is 52.7 Å². The van der Waals surface area contributed by atoms with Gasteiger partial charge in [-0.2, -0.15) is 0 Å². The number of carbonyl (C=O) groups excluding carboxylic acids is 2. The number of anilines is 1. The number of aliphatic hydroxyl groups excluding tert-OH is 1. The Balaban J connectivity index is 1.82. The highest BCUT2D eigenvalue weighted by molar-refractivity contribution is 5.99. The molecule has 3 rings (SSSR count). The van der Waals surface area contributed by atoms with E-state index in [0.29, 0.717) is 36.5 Å². The zero-order chi connectivity index (χ0) is 26.9. The predicted molar refractivity (Wildman–Crippen MR) is 147 cm³/mol. The van der Waals surface area contributed by atoms with E-state index < -0.39 is 0 Å². The van der Waals surface area contributed by atoms with Crippen LogP contribution in [0.2, 0.25) is 0 Å². The Morgan fingerprint density at radius 1 is 1.19 bits per heavy atom. The van der Waals surface area contributed by atoms with E-state index in [9.17, 15) is 14.7 Å². The lowest BCUT2D eigenvalue weighted by Crippen LogP contribution is -2.49. The molecule has 0 bridgehead atoms. The van der Waals surface area contributed by atoms with Crippen molar-refractivity contribution in [3.05, 3.63) is 59.7 Å². The molecule has 0 aromatic heterocycles. The minimum Gasteiger partial charge on any atom is -0.488 e. The summed E-state index contributed by atoms with van der Waals surface area (Å²) in [6.07, 6.45) is 0.991. The zero-order valence-electron chi connectivity index (χ0n) is 22.8. The third-order valence-electron chi connectivity index (χ3n) is 6.74. The van der Waals surface area contributed by atoms with Crippen molar-refractivity contribution in [3.8, 4) is 5.75 Å². The van der Waals surface area contributed by atoms with E-state index in [0.717, 1.165) is 19.5 Å². The first-order valence-corrected chi connectivity index (χ1v) is 13.1. The molecule has 3 atom stereocenters. The van der Waals surface area contributed by atoms with Crippen LogP contribution in [-0.2, 0) is 11.3 Å². The number of hydrogen-bond acceptors (Lipinski definition) is 6. The summed E-state index contributed by atoms with van der Waals surface area (Å²) in [5.74, 6) is 0.245. The van der Waals surface area contributed by atoms with Crippen LogP contribution >= 0.6 is 0 Å². The van der Waals surface area contributed by atoms with Crippen LogP contribution < -0.4 is 10.1 Å². The fourth-order valence-electron chi connectivity index (χ4n) is 4.56. The molecule has 0 fully saturated rings. The van der Waals surface area contributed by atoms with E-state index in [1.54, 1.807) is 23.1 Å². The van der Waals surface area contributed by atoms with Crippen molar-refractivity contribution in [2.24, 2.45) is 5.92 Å². The van der Waals surface area contributed by atoms with Crippen LogP contribution in [0.4, 0.5) is 5.69 Å². The highest BCUT2D eigenvalue weighted by atomic mass is 16.5. The van der Waals surface area contributed by atoms with Crippen molar-refractivity contribution in [1.82, 2.24) is 14.7 Å². The van der Waals surface area contributed by atoms with Gasteiger partial charge in [0, 0.05) is 37.7 Å². The molecule has 1 aliphatic heterocycles. The second kappa shape index (κ2) is 13.6. The Bertz CT molecular complexity index is 1030. The average Bonchev–Trinajstić information content (AvgIpc) is 2.86. The van der Waals surface area contributed by atoms with Crippen molar-refractivity contribution < 1.29 is 19.4 Å². The third-order valence-corrected chi connectivity index (χ3v) is 6.74. The van der Waals surface area contributed by atoms with Gasteiger partial charge in [0.25, 0.3) is 5.91 Å². The quantitative estimate of drug-likeness (QED) is 0.483. The van der Waals surface area contributed by atoms with E-state index in [-0.39, 0.29) is 36.5 Å². The van der Waals surface area contributed by atoms with Gasteiger partial charge in [0.15, 0.2) is 0 Å². The molecule has 8 nitrogen and oxygen atoms in total. The van der Waals surface area contributed by atoms with Gasteiger partial charge in [-0.1, -0.05) is 37.3 Å². The van der Waals surface area contributed by atoms with Crippen molar-refractivity contribution in [2.45, 2.75) is 45.4 Å². The minimum absolute atomic E-state index is 0.0420. The lowest BCUT2D eigenvalue weighted by atomic mass is 9.99. The molecular formula is C29H42N4O4. The van der Waals surface area contributed by atoms with Gasteiger partial charge < -0.3 is 25.0 Å². The number of carbonyl (C=O) groups is 2. The lowest BCUT2D eigenvalue weighted by molar-refractivity contribution is -0.116. The maximum Gasteiger partial charge on any atom is 0.258 e. The molecule has 1 aliphatic rings. The summed E-state index contributed by atoms with van der Waals surface area (Å²) < 4.78 is 6.47. The number of fused-ring (bicyclic) bond motifs is 1. The molecule has 202 valence electrons. The number of rotatable bonds is 11. The first kappa shape index (κ1) is 28.6. The van der Waals surface area contributed by atoms with E-state index in [4.69, 9.17) is 4.74 Å².